The molecule has 0 fully saturated rings. The van der Waals surface area contributed by atoms with Crippen LogP contribution in [-0.4, -0.2) is 20.6 Å². The second-order valence-corrected chi connectivity index (χ2v) is 11.1. The first-order valence-electron chi connectivity index (χ1n) is 9.12. The molecule has 0 aliphatic rings. The van der Waals surface area contributed by atoms with Gasteiger partial charge in [0.25, 0.3) is 0 Å². The summed E-state index contributed by atoms with van der Waals surface area (Å²) in [5, 5.41) is 10.8. The Bertz CT molecular complexity index is 870. The predicted octanol–water partition coefficient (Wildman–Crippen LogP) is 4.95. The topological polar surface area (TPSA) is 57.6 Å². The van der Waals surface area contributed by atoms with Gasteiger partial charge in [-0.05, 0) is 28.5 Å². The van der Waals surface area contributed by atoms with E-state index in [2.05, 4.69) is 0 Å². The second kappa shape index (κ2) is 7.19. The maximum atomic E-state index is 13.0. The number of nitrogens with zero attached hydrogens (tertiary/aromatic N) is 1. The third-order valence-corrected chi connectivity index (χ3v) is 6.43. The number of phenols is 1. The lowest BCUT2D eigenvalue weighted by Crippen LogP contribution is -2.29. The van der Waals surface area contributed by atoms with E-state index in [1.807, 2.05) is 71.9 Å². The zero-order chi connectivity index (χ0) is 20.6. The van der Waals surface area contributed by atoms with E-state index in [0.717, 1.165) is 16.7 Å². The van der Waals surface area contributed by atoms with Gasteiger partial charge in [-0.2, -0.15) is 0 Å². The molecule has 0 radical (unpaired) electrons. The number of benzene rings is 2. The molecule has 0 bridgehead atoms. The summed E-state index contributed by atoms with van der Waals surface area (Å²) in [5.41, 5.74) is 2.17. The van der Waals surface area contributed by atoms with Crippen molar-refractivity contribution in [2.75, 3.05) is 11.4 Å². The third kappa shape index (κ3) is 4.83. The Kier molecular flexibility index (Phi) is 5.67. The van der Waals surface area contributed by atoms with E-state index in [0.29, 0.717) is 5.69 Å². The summed E-state index contributed by atoms with van der Waals surface area (Å²) in [4.78, 5) is 0. The second-order valence-electron chi connectivity index (χ2n) is 9.10. The lowest BCUT2D eigenvalue weighted by molar-refractivity contribution is 0.423. The molecule has 2 aromatic rings. The van der Waals surface area contributed by atoms with Crippen molar-refractivity contribution in [1.82, 2.24) is 0 Å². The van der Waals surface area contributed by atoms with Crippen molar-refractivity contribution in [3.63, 3.8) is 0 Å². The Morgan fingerprint density at radius 1 is 0.889 bits per heavy atom. The first kappa shape index (κ1) is 21.3. The predicted molar refractivity (Wildman–Crippen MR) is 113 cm³/mol. The number of hydrogen-bond acceptors (Lipinski definition) is 3. The average Bonchev–Trinajstić information content (AvgIpc) is 2.52. The van der Waals surface area contributed by atoms with Crippen molar-refractivity contribution in [3.8, 4) is 5.75 Å². The fourth-order valence-electron chi connectivity index (χ4n) is 2.99. The van der Waals surface area contributed by atoms with Crippen LogP contribution in [0.5, 0.6) is 5.75 Å². The van der Waals surface area contributed by atoms with E-state index < -0.39 is 10.0 Å². The standard InChI is InChI=1S/C22H31NO3S/c1-21(2,3)18-13-17(14-19(20(18)24)22(4,5)6)23(7)27(25,26)15-16-11-9-8-10-12-16/h8-14,24H,15H2,1-7H3. The summed E-state index contributed by atoms with van der Waals surface area (Å²) < 4.78 is 27.3. The van der Waals surface area contributed by atoms with Crippen LogP contribution >= 0.6 is 0 Å². The molecule has 0 aromatic heterocycles. The normalized spacial score (nSPS) is 12.9. The molecule has 0 saturated carbocycles. The molecule has 148 valence electrons. The van der Waals surface area contributed by atoms with Gasteiger partial charge in [0.2, 0.25) is 10.0 Å². The van der Waals surface area contributed by atoms with Gasteiger partial charge < -0.3 is 5.11 Å². The van der Waals surface area contributed by atoms with Crippen LogP contribution in [0.2, 0.25) is 0 Å². The maximum Gasteiger partial charge on any atom is 0.239 e. The summed E-state index contributed by atoms with van der Waals surface area (Å²) in [6, 6.07) is 12.7. The van der Waals surface area contributed by atoms with E-state index >= 15 is 0 Å². The Morgan fingerprint density at radius 3 is 1.74 bits per heavy atom. The first-order chi connectivity index (χ1) is 12.2. The van der Waals surface area contributed by atoms with Crippen LogP contribution in [-0.2, 0) is 26.6 Å². The van der Waals surface area contributed by atoms with E-state index in [1.54, 1.807) is 19.2 Å². The molecule has 4 nitrogen and oxygen atoms in total. The molecule has 0 amide bonds. The minimum atomic E-state index is -3.55. The molecule has 2 aromatic carbocycles. The summed E-state index contributed by atoms with van der Waals surface area (Å²) >= 11 is 0. The van der Waals surface area contributed by atoms with Crippen molar-refractivity contribution >= 4 is 15.7 Å². The van der Waals surface area contributed by atoms with Crippen LogP contribution in [0.1, 0.15) is 58.2 Å². The van der Waals surface area contributed by atoms with Crippen LogP contribution in [0.25, 0.3) is 0 Å². The zero-order valence-electron chi connectivity index (χ0n) is 17.4. The SMILES string of the molecule is CN(c1cc(C(C)(C)C)c(O)c(C(C)(C)C)c1)S(=O)(=O)Cc1ccccc1. The van der Waals surface area contributed by atoms with Gasteiger partial charge in [0.05, 0.1) is 11.4 Å². The Morgan fingerprint density at radius 2 is 1.33 bits per heavy atom. The van der Waals surface area contributed by atoms with E-state index in [9.17, 15) is 13.5 Å². The highest BCUT2D eigenvalue weighted by Gasteiger charge is 2.29. The summed E-state index contributed by atoms with van der Waals surface area (Å²) in [6.07, 6.45) is 0. The van der Waals surface area contributed by atoms with Gasteiger partial charge in [-0.25, -0.2) is 8.42 Å². The van der Waals surface area contributed by atoms with Gasteiger partial charge >= 0.3 is 0 Å². The molecule has 0 saturated heterocycles. The van der Waals surface area contributed by atoms with E-state index in [1.165, 1.54) is 4.31 Å². The summed E-state index contributed by atoms with van der Waals surface area (Å²) in [7, 11) is -1.98. The molecular weight excluding hydrogens is 358 g/mol. The van der Waals surface area contributed by atoms with Crippen molar-refractivity contribution in [2.24, 2.45) is 0 Å². The number of anilines is 1. The maximum absolute atomic E-state index is 13.0. The molecule has 0 heterocycles. The minimum absolute atomic E-state index is 0.0685. The molecule has 27 heavy (non-hydrogen) atoms. The molecule has 0 spiro atoms. The van der Waals surface area contributed by atoms with Crippen LogP contribution < -0.4 is 4.31 Å². The minimum Gasteiger partial charge on any atom is -0.507 e. The first-order valence-corrected chi connectivity index (χ1v) is 10.7. The van der Waals surface area contributed by atoms with Gasteiger partial charge in [0.1, 0.15) is 5.75 Å². The van der Waals surface area contributed by atoms with Crippen LogP contribution in [0, 0.1) is 0 Å². The fourth-order valence-corrected chi connectivity index (χ4v) is 4.22. The molecule has 0 atom stereocenters. The highest BCUT2D eigenvalue weighted by atomic mass is 32.2. The van der Waals surface area contributed by atoms with Gasteiger partial charge in [0, 0.05) is 18.2 Å². The van der Waals surface area contributed by atoms with E-state index in [-0.39, 0.29) is 22.3 Å². The lowest BCUT2D eigenvalue weighted by atomic mass is 9.79. The molecule has 5 heteroatoms. The number of hydrogen-bond donors (Lipinski definition) is 1. The lowest BCUT2D eigenvalue weighted by Gasteiger charge is -2.30. The number of aromatic hydroxyl groups is 1. The van der Waals surface area contributed by atoms with Gasteiger partial charge in [-0.3, -0.25) is 4.31 Å². The van der Waals surface area contributed by atoms with Crippen molar-refractivity contribution in [3.05, 3.63) is 59.2 Å². The third-order valence-electron chi connectivity index (χ3n) is 4.68. The van der Waals surface area contributed by atoms with Gasteiger partial charge in [-0.15, -0.1) is 0 Å². The monoisotopic (exact) mass is 389 g/mol. The fraction of sp³-hybridized carbons (Fsp3) is 0.455. The molecular formula is C22H31NO3S. The van der Waals surface area contributed by atoms with Crippen LogP contribution in [0.4, 0.5) is 5.69 Å². The van der Waals surface area contributed by atoms with Crippen molar-refractivity contribution in [1.29, 1.82) is 0 Å². The average molecular weight is 390 g/mol. The molecule has 2 rings (SSSR count). The Hall–Kier alpha value is -2.01. The Labute approximate surface area is 163 Å². The highest BCUT2D eigenvalue weighted by Crippen LogP contribution is 2.42. The molecule has 0 aliphatic carbocycles. The number of sulfonamides is 1. The smallest absolute Gasteiger partial charge is 0.239 e. The number of phenolic OH excluding ortho intramolecular Hbond substituents is 1. The van der Waals surface area contributed by atoms with Gasteiger partial charge in [0.15, 0.2) is 0 Å². The molecule has 0 unspecified atom stereocenters. The van der Waals surface area contributed by atoms with Crippen LogP contribution in [0.15, 0.2) is 42.5 Å². The van der Waals surface area contributed by atoms with Crippen molar-refractivity contribution < 1.29 is 13.5 Å². The summed E-state index contributed by atoms with van der Waals surface area (Å²) in [5.74, 6) is 0.175. The summed E-state index contributed by atoms with van der Waals surface area (Å²) in [6.45, 7) is 12.1. The zero-order valence-corrected chi connectivity index (χ0v) is 18.2. The van der Waals surface area contributed by atoms with Crippen molar-refractivity contribution in [2.45, 2.75) is 58.1 Å². The molecule has 0 aliphatic heterocycles. The number of rotatable bonds is 4. The Balaban J connectivity index is 2.56. The highest BCUT2D eigenvalue weighted by molar-refractivity contribution is 7.92. The largest absolute Gasteiger partial charge is 0.507 e. The van der Waals surface area contributed by atoms with E-state index in [4.69, 9.17) is 0 Å². The quantitative estimate of drug-likeness (QED) is 0.804. The van der Waals surface area contributed by atoms with Gasteiger partial charge in [-0.1, -0.05) is 71.9 Å². The molecule has 1 N–H and O–H groups in total. The van der Waals surface area contributed by atoms with Crippen LogP contribution in [0.3, 0.4) is 0 Å².